The quantitative estimate of drug-likeness (QED) is 0.877. The van der Waals surface area contributed by atoms with Gasteiger partial charge >= 0.3 is 5.97 Å². The molecular formula is C14H16N2O3. The number of para-hydroxylation sites is 1. The molecule has 5 heteroatoms. The first-order valence-corrected chi connectivity index (χ1v) is 6.37. The third-order valence-electron chi connectivity index (χ3n) is 3.58. The Hall–Kier alpha value is -1.85. The summed E-state index contributed by atoms with van der Waals surface area (Å²) in [6.45, 7) is 2.28. The van der Waals surface area contributed by atoms with Gasteiger partial charge in [0.2, 0.25) is 5.76 Å². The summed E-state index contributed by atoms with van der Waals surface area (Å²) in [5.74, 6) is -0.976. The Kier molecular flexibility index (Phi) is 3.00. The molecule has 3 N–H and O–H groups in total. The number of rotatable bonds is 3. The van der Waals surface area contributed by atoms with Crippen LogP contribution in [0.2, 0.25) is 0 Å². The highest BCUT2D eigenvalue weighted by molar-refractivity contribution is 5.95. The molecule has 2 aromatic rings. The van der Waals surface area contributed by atoms with Crippen LogP contribution in [0.4, 0.5) is 0 Å². The second kappa shape index (κ2) is 4.68. The highest BCUT2D eigenvalue weighted by Gasteiger charge is 2.25. The van der Waals surface area contributed by atoms with Crippen LogP contribution in [-0.2, 0) is 6.54 Å². The Morgan fingerprint density at radius 1 is 1.47 bits per heavy atom. The summed E-state index contributed by atoms with van der Waals surface area (Å²) < 4.78 is 5.44. The highest BCUT2D eigenvalue weighted by atomic mass is 16.4. The second-order valence-electron chi connectivity index (χ2n) is 4.99. The van der Waals surface area contributed by atoms with Crippen LogP contribution in [0.1, 0.15) is 22.5 Å². The van der Waals surface area contributed by atoms with Crippen molar-refractivity contribution in [1.29, 1.82) is 0 Å². The fourth-order valence-corrected chi connectivity index (χ4v) is 2.66. The van der Waals surface area contributed by atoms with Gasteiger partial charge in [-0.3, -0.25) is 4.90 Å². The summed E-state index contributed by atoms with van der Waals surface area (Å²) in [6, 6.07) is 7.61. The molecular weight excluding hydrogens is 244 g/mol. The smallest absolute Gasteiger partial charge is 0.372 e. The molecule has 0 spiro atoms. The number of hydrogen-bond acceptors (Lipinski definition) is 4. The molecule has 0 saturated carbocycles. The third-order valence-corrected chi connectivity index (χ3v) is 3.58. The van der Waals surface area contributed by atoms with Crippen LogP contribution in [0, 0.1) is 0 Å². The van der Waals surface area contributed by atoms with Gasteiger partial charge in [-0.05, 0) is 12.5 Å². The van der Waals surface area contributed by atoms with Gasteiger partial charge in [0, 0.05) is 36.6 Å². The number of furan rings is 1. The molecule has 1 aliphatic rings. The molecule has 5 nitrogen and oxygen atoms in total. The summed E-state index contributed by atoms with van der Waals surface area (Å²) in [4.78, 5) is 13.5. The van der Waals surface area contributed by atoms with Gasteiger partial charge in [-0.2, -0.15) is 0 Å². The monoisotopic (exact) mass is 260 g/mol. The Bertz CT molecular complexity index is 620. The van der Waals surface area contributed by atoms with Crippen molar-refractivity contribution in [2.45, 2.75) is 19.0 Å². The number of hydrogen-bond donors (Lipinski definition) is 2. The number of aromatic carboxylic acids is 1. The van der Waals surface area contributed by atoms with Gasteiger partial charge in [-0.1, -0.05) is 18.2 Å². The van der Waals surface area contributed by atoms with Gasteiger partial charge in [0.25, 0.3) is 0 Å². The molecule has 3 rings (SSSR count). The summed E-state index contributed by atoms with van der Waals surface area (Å²) >= 11 is 0. The zero-order valence-corrected chi connectivity index (χ0v) is 10.5. The van der Waals surface area contributed by atoms with E-state index in [4.69, 9.17) is 10.2 Å². The van der Waals surface area contributed by atoms with E-state index in [9.17, 15) is 9.90 Å². The molecule has 1 saturated heterocycles. The number of benzene rings is 1. The van der Waals surface area contributed by atoms with Crippen LogP contribution in [0.3, 0.4) is 0 Å². The molecule has 1 aromatic carbocycles. The number of fused-ring (bicyclic) bond motifs is 1. The van der Waals surface area contributed by atoms with Gasteiger partial charge in [-0.15, -0.1) is 0 Å². The van der Waals surface area contributed by atoms with Crippen molar-refractivity contribution in [2.75, 3.05) is 13.1 Å². The van der Waals surface area contributed by atoms with Crippen molar-refractivity contribution in [3.8, 4) is 0 Å². The summed E-state index contributed by atoms with van der Waals surface area (Å²) in [5.41, 5.74) is 7.25. The molecule has 19 heavy (non-hydrogen) atoms. The number of carbonyl (C=O) groups is 1. The van der Waals surface area contributed by atoms with E-state index < -0.39 is 5.97 Å². The fourth-order valence-electron chi connectivity index (χ4n) is 2.66. The van der Waals surface area contributed by atoms with Crippen LogP contribution in [0.5, 0.6) is 0 Å². The molecule has 1 aliphatic heterocycles. The van der Waals surface area contributed by atoms with E-state index >= 15 is 0 Å². The summed E-state index contributed by atoms with van der Waals surface area (Å²) in [5, 5.41) is 10.1. The predicted molar refractivity (Wildman–Crippen MR) is 71.0 cm³/mol. The molecule has 1 unspecified atom stereocenters. The van der Waals surface area contributed by atoms with E-state index in [0.29, 0.717) is 12.1 Å². The van der Waals surface area contributed by atoms with Crippen molar-refractivity contribution in [1.82, 2.24) is 4.90 Å². The molecule has 100 valence electrons. The first-order valence-electron chi connectivity index (χ1n) is 6.37. The molecule has 1 atom stereocenters. The number of carboxylic acid groups (broad SMARTS) is 1. The van der Waals surface area contributed by atoms with Crippen LogP contribution in [-0.4, -0.2) is 35.1 Å². The lowest BCUT2D eigenvalue weighted by atomic mass is 10.1. The molecule has 1 fully saturated rings. The topological polar surface area (TPSA) is 79.7 Å². The number of likely N-dealkylation sites (tertiary alicyclic amines) is 1. The van der Waals surface area contributed by atoms with Crippen LogP contribution in [0.25, 0.3) is 11.0 Å². The third kappa shape index (κ3) is 2.22. The van der Waals surface area contributed by atoms with Gasteiger partial charge < -0.3 is 15.3 Å². The molecule has 2 heterocycles. The molecule has 1 aromatic heterocycles. The van der Waals surface area contributed by atoms with Crippen molar-refractivity contribution >= 4 is 16.9 Å². The highest BCUT2D eigenvalue weighted by Crippen LogP contribution is 2.28. The van der Waals surface area contributed by atoms with E-state index in [1.807, 2.05) is 18.2 Å². The first-order chi connectivity index (χ1) is 9.15. The molecule has 0 bridgehead atoms. The lowest BCUT2D eigenvalue weighted by Gasteiger charge is -2.14. The normalized spacial score (nSPS) is 20.2. The lowest BCUT2D eigenvalue weighted by molar-refractivity contribution is 0.0662. The van der Waals surface area contributed by atoms with E-state index in [1.54, 1.807) is 6.07 Å². The zero-order chi connectivity index (χ0) is 13.4. The van der Waals surface area contributed by atoms with E-state index in [1.165, 1.54) is 0 Å². The number of carboxylic acids is 1. The Morgan fingerprint density at radius 2 is 2.26 bits per heavy atom. The van der Waals surface area contributed by atoms with E-state index in [2.05, 4.69) is 4.90 Å². The maximum absolute atomic E-state index is 11.3. The minimum absolute atomic E-state index is 0.0432. The molecule has 0 radical (unpaired) electrons. The minimum Gasteiger partial charge on any atom is -0.475 e. The van der Waals surface area contributed by atoms with Gasteiger partial charge in [0.15, 0.2) is 0 Å². The maximum Gasteiger partial charge on any atom is 0.372 e. The number of nitrogens with two attached hydrogens (primary N) is 1. The lowest BCUT2D eigenvalue weighted by Crippen LogP contribution is -2.26. The average molecular weight is 260 g/mol. The van der Waals surface area contributed by atoms with Crippen molar-refractivity contribution in [2.24, 2.45) is 5.73 Å². The maximum atomic E-state index is 11.3. The summed E-state index contributed by atoms with van der Waals surface area (Å²) in [7, 11) is 0. The SMILES string of the molecule is NC1CCN(Cc2c(C(=O)O)oc3ccccc23)C1. The molecule has 0 aliphatic carbocycles. The fraction of sp³-hybridized carbons (Fsp3) is 0.357. The van der Waals surface area contributed by atoms with Crippen LogP contribution < -0.4 is 5.73 Å². The van der Waals surface area contributed by atoms with Gasteiger partial charge in [-0.25, -0.2) is 4.79 Å². The van der Waals surface area contributed by atoms with Gasteiger partial charge in [0.05, 0.1) is 0 Å². The summed E-state index contributed by atoms with van der Waals surface area (Å²) in [6.07, 6.45) is 0.957. The Balaban J connectivity index is 2.00. The Labute approximate surface area is 110 Å². The standard InChI is InChI=1S/C14H16N2O3/c15-9-5-6-16(7-9)8-11-10-3-1-2-4-12(10)19-13(11)14(17)18/h1-4,9H,5-8,15H2,(H,17,18). The van der Waals surface area contributed by atoms with Crippen LogP contribution >= 0.6 is 0 Å². The van der Waals surface area contributed by atoms with Crippen LogP contribution in [0.15, 0.2) is 28.7 Å². The van der Waals surface area contributed by atoms with E-state index in [-0.39, 0.29) is 11.8 Å². The van der Waals surface area contributed by atoms with Crippen molar-refractivity contribution in [3.05, 3.63) is 35.6 Å². The van der Waals surface area contributed by atoms with Crippen molar-refractivity contribution in [3.63, 3.8) is 0 Å². The molecule has 0 amide bonds. The Morgan fingerprint density at radius 3 is 2.95 bits per heavy atom. The average Bonchev–Trinajstić information content (AvgIpc) is 2.95. The van der Waals surface area contributed by atoms with Gasteiger partial charge in [0.1, 0.15) is 5.58 Å². The second-order valence-corrected chi connectivity index (χ2v) is 4.99. The van der Waals surface area contributed by atoms with E-state index in [0.717, 1.165) is 30.5 Å². The largest absolute Gasteiger partial charge is 0.475 e. The first kappa shape index (κ1) is 12.2. The predicted octanol–water partition coefficient (Wildman–Crippen LogP) is 1.66. The minimum atomic E-state index is -1.02. The number of nitrogens with zero attached hydrogens (tertiary/aromatic N) is 1. The van der Waals surface area contributed by atoms with Crippen molar-refractivity contribution < 1.29 is 14.3 Å². The zero-order valence-electron chi connectivity index (χ0n) is 10.5.